The molecule has 0 atom stereocenters. The van der Waals surface area contributed by atoms with Crippen molar-refractivity contribution in [1.29, 1.82) is 0 Å². The van der Waals surface area contributed by atoms with Crippen molar-refractivity contribution in [3.63, 3.8) is 0 Å². The first-order valence-corrected chi connectivity index (χ1v) is 13.4. The van der Waals surface area contributed by atoms with Gasteiger partial charge in [-0.1, -0.05) is 100 Å². The predicted molar refractivity (Wildman–Crippen MR) is 156 cm³/mol. The minimum atomic E-state index is -0.0747. The van der Waals surface area contributed by atoms with Gasteiger partial charge in [0.25, 0.3) is 0 Å². The van der Waals surface area contributed by atoms with Crippen molar-refractivity contribution in [2.24, 2.45) is 0 Å². The van der Waals surface area contributed by atoms with E-state index in [4.69, 9.17) is 0 Å². The van der Waals surface area contributed by atoms with Crippen LogP contribution in [0, 0.1) is 0 Å². The minimum absolute atomic E-state index is 0.0180. The second-order valence-electron chi connectivity index (χ2n) is 12.1. The van der Waals surface area contributed by atoms with E-state index in [0.29, 0.717) is 0 Å². The zero-order valence-electron chi connectivity index (χ0n) is 21.6. The molecule has 0 unspecified atom stereocenters. The van der Waals surface area contributed by atoms with Crippen molar-refractivity contribution in [3.8, 4) is 22.3 Å². The Bertz CT molecular complexity index is 2130. The average molecular weight is 474 g/mol. The lowest BCUT2D eigenvalue weighted by atomic mass is 9.79. The Kier molecular flexibility index (Phi) is 3.28. The van der Waals surface area contributed by atoms with E-state index in [-0.39, 0.29) is 10.8 Å². The Morgan fingerprint density at radius 3 is 2.00 bits per heavy atom. The van der Waals surface area contributed by atoms with Gasteiger partial charge in [0.05, 0.1) is 16.6 Å². The summed E-state index contributed by atoms with van der Waals surface area (Å²) in [6.45, 7) is 9.62. The summed E-state index contributed by atoms with van der Waals surface area (Å²) in [6, 6.07) is 34.4. The third-order valence-electron chi connectivity index (χ3n) is 9.69. The van der Waals surface area contributed by atoms with Crippen molar-refractivity contribution in [1.82, 2.24) is 4.40 Å². The molecule has 0 fully saturated rings. The minimum Gasteiger partial charge on any atom is -0.308 e. The lowest BCUT2D eigenvalue weighted by Crippen LogP contribution is -2.15. The number of para-hydroxylation sites is 1. The van der Waals surface area contributed by atoms with Crippen LogP contribution in [0.5, 0.6) is 0 Å². The van der Waals surface area contributed by atoms with Crippen LogP contribution in [0.4, 0.5) is 0 Å². The highest BCUT2D eigenvalue weighted by atomic mass is 14.9. The maximum absolute atomic E-state index is 2.56. The van der Waals surface area contributed by atoms with E-state index in [1.165, 1.54) is 82.6 Å². The number of hydrogen-bond acceptors (Lipinski definition) is 0. The molecule has 37 heavy (non-hydrogen) atoms. The first kappa shape index (κ1) is 20.0. The molecule has 5 aromatic carbocycles. The first-order valence-electron chi connectivity index (χ1n) is 13.4. The molecule has 1 nitrogen and oxygen atoms in total. The lowest BCUT2D eigenvalue weighted by Gasteiger charge is -2.23. The molecule has 0 saturated carbocycles. The molecule has 2 aliphatic carbocycles. The highest BCUT2D eigenvalue weighted by Crippen LogP contribution is 2.59. The number of hydrogen-bond donors (Lipinski definition) is 0. The summed E-state index contributed by atoms with van der Waals surface area (Å²) in [6.07, 6.45) is 0. The molecule has 176 valence electrons. The topological polar surface area (TPSA) is 4.41 Å². The van der Waals surface area contributed by atoms with Gasteiger partial charge in [-0.2, -0.15) is 0 Å². The summed E-state index contributed by atoms with van der Waals surface area (Å²) in [4.78, 5) is 0. The van der Waals surface area contributed by atoms with E-state index in [2.05, 4.69) is 123 Å². The van der Waals surface area contributed by atoms with Crippen molar-refractivity contribution < 1.29 is 0 Å². The second kappa shape index (κ2) is 6.06. The van der Waals surface area contributed by atoms with Crippen molar-refractivity contribution in [3.05, 3.63) is 113 Å². The number of rotatable bonds is 0. The molecule has 2 aromatic heterocycles. The number of benzene rings is 5. The Balaban J connectivity index is 1.63. The summed E-state index contributed by atoms with van der Waals surface area (Å²) in [7, 11) is 0. The number of aromatic nitrogens is 1. The summed E-state index contributed by atoms with van der Waals surface area (Å²) < 4.78 is 2.56. The molecule has 0 saturated heterocycles. The molecule has 0 bridgehead atoms. The molecule has 0 amide bonds. The van der Waals surface area contributed by atoms with E-state index in [1.54, 1.807) is 0 Å². The summed E-state index contributed by atoms with van der Waals surface area (Å²) in [5.74, 6) is 0. The van der Waals surface area contributed by atoms with Gasteiger partial charge in [-0.3, -0.25) is 0 Å². The van der Waals surface area contributed by atoms with Gasteiger partial charge in [-0.15, -0.1) is 0 Å². The average Bonchev–Trinajstić information content (AvgIpc) is 3.57. The highest BCUT2D eigenvalue weighted by Gasteiger charge is 2.42. The second-order valence-corrected chi connectivity index (χ2v) is 12.1. The van der Waals surface area contributed by atoms with Crippen molar-refractivity contribution in [2.75, 3.05) is 0 Å². The Labute approximate surface area is 216 Å². The van der Waals surface area contributed by atoms with E-state index in [0.717, 1.165) is 0 Å². The molecule has 2 aliphatic rings. The molecule has 0 N–H and O–H groups in total. The molecule has 0 aliphatic heterocycles. The third-order valence-corrected chi connectivity index (χ3v) is 9.69. The third kappa shape index (κ3) is 2.05. The van der Waals surface area contributed by atoms with E-state index in [1.807, 2.05) is 0 Å². The van der Waals surface area contributed by atoms with Crippen LogP contribution in [0.25, 0.3) is 60.3 Å². The Morgan fingerprint density at radius 2 is 1.19 bits per heavy atom. The lowest BCUT2D eigenvalue weighted by molar-refractivity contribution is 0.661. The van der Waals surface area contributed by atoms with Crippen molar-refractivity contribution in [2.45, 2.75) is 38.5 Å². The quantitative estimate of drug-likeness (QED) is 0.207. The van der Waals surface area contributed by atoms with Crippen LogP contribution in [-0.4, -0.2) is 4.40 Å². The number of nitrogens with zero attached hydrogens (tertiary/aromatic N) is 1. The standard InChI is InChI=1S/C36H27N/c1-35(2)26-15-9-6-13-22(26)30-27(35)17-18-29-31(30)32-33-23(20-11-5-8-14-25(20)36(33,3)4)19-24-21-12-7-10-16-28(21)37(29)34(24)32/h5-19H,1-4H3. The zero-order chi connectivity index (χ0) is 24.8. The first-order chi connectivity index (χ1) is 17.9. The molecule has 0 radical (unpaired) electrons. The van der Waals surface area contributed by atoms with Gasteiger partial charge >= 0.3 is 0 Å². The van der Waals surface area contributed by atoms with Gasteiger partial charge < -0.3 is 4.40 Å². The molecule has 7 aromatic rings. The van der Waals surface area contributed by atoms with Gasteiger partial charge in [0.2, 0.25) is 0 Å². The van der Waals surface area contributed by atoms with Crippen LogP contribution < -0.4 is 0 Å². The van der Waals surface area contributed by atoms with E-state index in [9.17, 15) is 0 Å². The van der Waals surface area contributed by atoms with Gasteiger partial charge in [-0.25, -0.2) is 0 Å². The van der Waals surface area contributed by atoms with Crippen LogP contribution in [0.2, 0.25) is 0 Å². The molecule has 9 rings (SSSR count). The maximum atomic E-state index is 2.56. The monoisotopic (exact) mass is 473 g/mol. The van der Waals surface area contributed by atoms with Crippen molar-refractivity contribution >= 4 is 38.1 Å². The molecular weight excluding hydrogens is 446 g/mol. The largest absolute Gasteiger partial charge is 0.308 e. The fraction of sp³-hybridized carbons (Fsp3) is 0.167. The highest BCUT2D eigenvalue weighted by molar-refractivity contribution is 6.29. The summed E-state index contributed by atoms with van der Waals surface area (Å²) >= 11 is 0. The van der Waals surface area contributed by atoms with Gasteiger partial charge in [-0.05, 0) is 62.7 Å². The molecular formula is C36H27N. The van der Waals surface area contributed by atoms with Crippen LogP contribution in [0.1, 0.15) is 49.9 Å². The molecule has 1 heteroatoms. The number of fused-ring (bicyclic) bond motifs is 14. The van der Waals surface area contributed by atoms with Crippen LogP contribution >= 0.6 is 0 Å². The summed E-state index contributed by atoms with van der Waals surface area (Å²) in [5.41, 5.74) is 15.3. The Hall–Kier alpha value is -4.10. The normalized spacial score (nSPS) is 16.5. The van der Waals surface area contributed by atoms with Crippen LogP contribution in [-0.2, 0) is 10.8 Å². The van der Waals surface area contributed by atoms with Gasteiger partial charge in [0, 0.05) is 32.4 Å². The smallest absolute Gasteiger partial charge is 0.0624 e. The Morgan fingerprint density at radius 1 is 0.514 bits per heavy atom. The van der Waals surface area contributed by atoms with E-state index >= 15 is 0 Å². The molecule has 2 heterocycles. The predicted octanol–water partition coefficient (Wildman–Crippen LogP) is 9.45. The van der Waals surface area contributed by atoms with Crippen LogP contribution in [0.3, 0.4) is 0 Å². The summed E-state index contributed by atoms with van der Waals surface area (Å²) in [5, 5.41) is 5.59. The SMILES string of the molecule is CC1(C)c2ccccc2-c2c1ccc1c2c2c3c(cc4c5ccccc5n1c42)-c1ccccc1C3(C)C. The van der Waals surface area contributed by atoms with E-state index < -0.39 is 0 Å². The van der Waals surface area contributed by atoms with Gasteiger partial charge in [0.1, 0.15) is 0 Å². The molecule has 0 spiro atoms. The zero-order valence-corrected chi connectivity index (χ0v) is 21.6. The van der Waals surface area contributed by atoms with Gasteiger partial charge in [0.15, 0.2) is 0 Å². The maximum Gasteiger partial charge on any atom is 0.0624 e. The fourth-order valence-electron chi connectivity index (χ4n) is 8.10. The van der Waals surface area contributed by atoms with Crippen LogP contribution in [0.15, 0.2) is 91.0 Å². The fourth-order valence-corrected chi connectivity index (χ4v) is 8.10.